The fourth-order valence-corrected chi connectivity index (χ4v) is 10.00. The number of methoxy groups -OCH3 is 1. The van der Waals surface area contributed by atoms with Gasteiger partial charge in [-0.3, -0.25) is 4.79 Å². The molecule has 4 aliphatic heterocycles. The number of carbonyl (C=O) groups is 1. The molecule has 2 bridgehead atoms. The van der Waals surface area contributed by atoms with Crippen molar-refractivity contribution in [3.05, 3.63) is 0 Å². The molecule has 0 unspecified atom stereocenters. The van der Waals surface area contributed by atoms with Crippen LogP contribution >= 0.6 is 0 Å². The van der Waals surface area contributed by atoms with Gasteiger partial charge in [-0.1, -0.05) is 27.7 Å². The Morgan fingerprint density at radius 1 is 1.04 bits per heavy atom. The van der Waals surface area contributed by atoms with E-state index in [4.69, 9.17) is 33.2 Å². The predicted molar refractivity (Wildman–Crippen MR) is 193 cm³/mol. The Labute approximate surface area is 316 Å². The van der Waals surface area contributed by atoms with E-state index >= 15 is 0 Å². The molecule has 4 heterocycles. The van der Waals surface area contributed by atoms with Gasteiger partial charge in [0.1, 0.15) is 23.9 Å². The van der Waals surface area contributed by atoms with E-state index in [9.17, 15) is 33.6 Å². The minimum Gasteiger partial charge on any atom is -0.459 e. The Kier molecular flexibility index (Phi) is 13.9. The van der Waals surface area contributed by atoms with Crippen molar-refractivity contribution in [3.8, 4) is 0 Å². The molecule has 310 valence electrons. The van der Waals surface area contributed by atoms with Crippen molar-refractivity contribution in [1.82, 2.24) is 4.31 Å². The maximum absolute atomic E-state index is 14.3. The van der Waals surface area contributed by atoms with Crippen LogP contribution in [-0.4, -0.2) is 150 Å². The number of esters is 1. The highest BCUT2D eigenvalue weighted by Gasteiger charge is 2.59. The summed E-state index contributed by atoms with van der Waals surface area (Å²) in [5.41, 5.74) is -3.97. The number of carbonyl (C=O) groups excluding carboxylic acids is 1. The lowest BCUT2D eigenvalue weighted by atomic mass is 9.76. The number of sulfonamides is 1. The van der Waals surface area contributed by atoms with Gasteiger partial charge in [-0.05, 0) is 66.7 Å². The summed E-state index contributed by atoms with van der Waals surface area (Å²) >= 11 is 0. The topological polar surface area (TPSA) is 200 Å². The molecule has 0 aromatic rings. The van der Waals surface area contributed by atoms with Gasteiger partial charge < -0.3 is 53.6 Å². The standard InChI is InChI=1S/C37H67NO14S/c1-14-25(39)37(10,43)32-20(4)28-18(2)16-36(9,52-28)31(51-34-27(40)24(15-19(3)47-34)38(11)53(13,44)45)21(5)29(22(6)33(42)50-32)49-26-17-35(8,46-12)30(41)23(7)48-26/h18-32,34,39-41,43H,14-17H2,1-13H3/t18-,19-,20+,21+,22-,23+,24+,25-,26+,27-,28+,29+,30+,31-,32-,34+,35-,36-,37-/m1/s1. The zero-order valence-electron chi connectivity index (χ0n) is 33.8. The summed E-state index contributed by atoms with van der Waals surface area (Å²) in [6, 6.07) is -0.843. The first kappa shape index (κ1) is 44.7. The predicted octanol–water partition coefficient (Wildman–Crippen LogP) is 1.95. The van der Waals surface area contributed by atoms with Gasteiger partial charge in [-0.25, -0.2) is 8.42 Å². The highest BCUT2D eigenvalue weighted by atomic mass is 32.2. The van der Waals surface area contributed by atoms with E-state index < -0.39 is 124 Å². The molecule has 0 aromatic carbocycles. The van der Waals surface area contributed by atoms with Crippen LogP contribution in [0.25, 0.3) is 0 Å². The van der Waals surface area contributed by atoms with Gasteiger partial charge in [0.25, 0.3) is 0 Å². The summed E-state index contributed by atoms with van der Waals surface area (Å²) in [6.07, 6.45) is -8.52. The van der Waals surface area contributed by atoms with Crippen LogP contribution in [0.2, 0.25) is 0 Å². The summed E-state index contributed by atoms with van der Waals surface area (Å²) in [5.74, 6) is -3.12. The molecule has 4 aliphatic rings. The quantitative estimate of drug-likeness (QED) is 0.235. The van der Waals surface area contributed by atoms with Crippen molar-refractivity contribution in [2.45, 2.75) is 185 Å². The SMILES string of the molecule is CC[C@@H](O)[C@@](C)(O)[C@@H]1OC(=O)[C@H](C)[C@@H](O[C@H]2C[C@@](C)(OC)[C@@H](O)[C@H](C)O2)[C@H](C)[C@@H](O[C@@H]2O[C@H](C)C[C@H](N(C)S(C)(=O)=O)[C@H]2O)[C@@]2(C)C[C@@H](C)[C@H](O2)[C@@H]1C. The molecule has 0 aliphatic carbocycles. The van der Waals surface area contributed by atoms with E-state index in [1.807, 2.05) is 27.7 Å². The van der Waals surface area contributed by atoms with Crippen LogP contribution in [0.3, 0.4) is 0 Å². The third kappa shape index (κ3) is 8.94. The molecule has 0 radical (unpaired) electrons. The Morgan fingerprint density at radius 2 is 1.66 bits per heavy atom. The highest BCUT2D eigenvalue weighted by Crippen LogP contribution is 2.48. The fourth-order valence-electron chi connectivity index (χ4n) is 9.30. The molecule has 0 amide bonds. The normalized spacial score (nSPS) is 47.7. The van der Waals surface area contributed by atoms with E-state index in [2.05, 4.69) is 0 Å². The largest absolute Gasteiger partial charge is 0.459 e. The molecular formula is C37H67NO14S. The maximum Gasteiger partial charge on any atom is 0.311 e. The van der Waals surface area contributed by atoms with Crippen LogP contribution in [0.5, 0.6) is 0 Å². The Morgan fingerprint density at radius 3 is 2.23 bits per heavy atom. The van der Waals surface area contributed by atoms with Crippen molar-refractivity contribution in [3.63, 3.8) is 0 Å². The molecule has 4 fully saturated rings. The second kappa shape index (κ2) is 16.5. The van der Waals surface area contributed by atoms with Gasteiger partial charge in [0.15, 0.2) is 12.6 Å². The number of hydrogen-bond acceptors (Lipinski definition) is 14. The number of hydrogen-bond donors (Lipinski definition) is 4. The molecule has 4 rings (SSSR count). The van der Waals surface area contributed by atoms with E-state index in [1.54, 1.807) is 34.6 Å². The van der Waals surface area contributed by atoms with Gasteiger partial charge >= 0.3 is 5.97 Å². The average molecular weight is 782 g/mol. The Hall–Kier alpha value is -1.02. The third-order valence-corrected chi connectivity index (χ3v) is 14.0. The molecule has 53 heavy (non-hydrogen) atoms. The zero-order chi connectivity index (χ0) is 40.2. The van der Waals surface area contributed by atoms with Crippen molar-refractivity contribution in [2.24, 2.45) is 23.7 Å². The van der Waals surface area contributed by atoms with Crippen molar-refractivity contribution >= 4 is 16.0 Å². The van der Waals surface area contributed by atoms with Gasteiger partial charge in [0.05, 0.1) is 66.0 Å². The minimum atomic E-state index is -3.68. The number of fused-ring (bicyclic) bond motifs is 2. The van der Waals surface area contributed by atoms with Crippen LogP contribution in [0.1, 0.15) is 94.9 Å². The first-order valence-electron chi connectivity index (χ1n) is 19.1. The second-order valence-electron chi connectivity index (χ2n) is 17.1. The van der Waals surface area contributed by atoms with E-state index in [1.165, 1.54) is 21.1 Å². The van der Waals surface area contributed by atoms with Gasteiger partial charge in [-0.2, -0.15) is 4.31 Å². The lowest BCUT2D eigenvalue weighted by Crippen LogP contribution is -2.60. The van der Waals surface area contributed by atoms with Crippen molar-refractivity contribution < 1.29 is 66.8 Å². The molecule has 19 atom stereocenters. The first-order chi connectivity index (χ1) is 24.3. The lowest BCUT2D eigenvalue weighted by Gasteiger charge is -2.48. The zero-order valence-corrected chi connectivity index (χ0v) is 34.6. The number of aliphatic hydroxyl groups excluding tert-OH is 3. The van der Waals surface area contributed by atoms with Crippen LogP contribution < -0.4 is 0 Å². The molecular weight excluding hydrogens is 714 g/mol. The van der Waals surface area contributed by atoms with Gasteiger partial charge in [0.2, 0.25) is 10.0 Å². The molecule has 0 spiro atoms. The van der Waals surface area contributed by atoms with Crippen LogP contribution in [-0.2, 0) is 48.0 Å². The number of nitrogens with zero attached hydrogens (tertiary/aromatic N) is 1. The van der Waals surface area contributed by atoms with Gasteiger partial charge in [-0.15, -0.1) is 0 Å². The summed E-state index contributed by atoms with van der Waals surface area (Å²) in [6.45, 7) is 17.6. The molecule has 0 saturated carbocycles. The number of ether oxygens (including phenoxy) is 7. The maximum atomic E-state index is 14.3. The first-order valence-corrected chi connectivity index (χ1v) is 20.9. The molecule has 4 N–H and O–H groups in total. The second-order valence-corrected chi connectivity index (χ2v) is 19.1. The van der Waals surface area contributed by atoms with E-state index in [0.29, 0.717) is 6.42 Å². The van der Waals surface area contributed by atoms with Crippen molar-refractivity contribution in [2.75, 3.05) is 20.4 Å². The molecule has 16 heteroatoms. The van der Waals surface area contributed by atoms with Crippen LogP contribution in [0.4, 0.5) is 0 Å². The molecule has 0 aromatic heterocycles. The van der Waals surface area contributed by atoms with E-state index in [0.717, 1.165) is 10.6 Å². The summed E-state index contributed by atoms with van der Waals surface area (Å²) < 4.78 is 71.1. The monoisotopic (exact) mass is 781 g/mol. The van der Waals surface area contributed by atoms with E-state index in [-0.39, 0.29) is 25.2 Å². The summed E-state index contributed by atoms with van der Waals surface area (Å²) in [5, 5.41) is 45.4. The molecule has 15 nitrogen and oxygen atoms in total. The Balaban J connectivity index is 1.84. The van der Waals surface area contributed by atoms with Crippen LogP contribution in [0.15, 0.2) is 0 Å². The summed E-state index contributed by atoms with van der Waals surface area (Å²) in [4.78, 5) is 14.3. The number of aliphatic hydroxyl groups is 4. The van der Waals surface area contributed by atoms with Gasteiger partial charge in [0, 0.05) is 32.4 Å². The smallest absolute Gasteiger partial charge is 0.311 e. The average Bonchev–Trinajstić information content (AvgIpc) is 3.39. The molecule has 4 saturated heterocycles. The van der Waals surface area contributed by atoms with Crippen LogP contribution in [0, 0.1) is 23.7 Å². The fraction of sp³-hybridized carbons (Fsp3) is 0.973. The number of cyclic esters (lactones) is 1. The van der Waals surface area contributed by atoms with Crippen molar-refractivity contribution in [1.29, 1.82) is 0 Å². The summed E-state index contributed by atoms with van der Waals surface area (Å²) in [7, 11) is -0.772. The third-order valence-electron chi connectivity index (χ3n) is 12.7. The number of rotatable bonds is 10. The minimum absolute atomic E-state index is 0.122. The lowest BCUT2D eigenvalue weighted by molar-refractivity contribution is -0.317. The Bertz CT molecular complexity index is 1370. The number of likely N-dealkylation sites (N-methyl/N-ethyl adjacent to an activating group) is 1. The highest BCUT2D eigenvalue weighted by molar-refractivity contribution is 7.88.